The Hall–Kier alpha value is -0.0800. The molecule has 1 aliphatic carbocycles. The Balaban J connectivity index is 2.51. The summed E-state index contributed by atoms with van der Waals surface area (Å²) in [5.41, 5.74) is -0.413. The van der Waals surface area contributed by atoms with Crippen molar-refractivity contribution >= 4 is 0 Å². The van der Waals surface area contributed by atoms with Gasteiger partial charge in [0.2, 0.25) is 0 Å². The largest absolute Gasteiger partial charge is 0.388 e. The molecule has 0 aromatic carbocycles. The molecule has 2 unspecified atom stereocenters. The van der Waals surface area contributed by atoms with Crippen LogP contribution in [0.5, 0.6) is 0 Å². The zero-order valence-corrected chi connectivity index (χ0v) is 7.96. The maximum atomic E-state index is 10.1. The molecule has 0 aromatic heterocycles. The maximum Gasteiger partial charge on any atom is 0.0824 e. The van der Waals surface area contributed by atoms with E-state index in [2.05, 4.69) is 18.7 Å². The van der Waals surface area contributed by atoms with E-state index in [4.69, 9.17) is 0 Å². The highest BCUT2D eigenvalue weighted by molar-refractivity contribution is 5.00. The SMILES string of the molecule is CC1CC(C)C1(O)CN(C)C. The first kappa shape index (κ1) is 9.01. The highest BCUT2D eigenvalue weighted by Gasteiger charge is 2.48. The Bertz CT molecular complexity index is 136. The minimum atomic E-state index is -0.413. The Labute approximate surface area is 69.2 Å². The number of rotatable bonds is 2. The van der Waals surface area contributed by atoms with Gasteiger partial charge in [0.05, 0.1) is 5.60 Å². The average molecular weight is 157 g/mol. The summed E-state index contributed by atoms with van der Waals surface area (Å²) in [7, 11) is 4.02. The Morgan fingerprint density at radius 1 is 1.36 bits per heavy atom. The van der Waals surface area contributed by atoms with Crippen LogP contribution in [0.2, 0.25) is 0 Å². The van der Waals surface area contributed by atoms with Crippen molar-refractivity contribution in [2.24, 2.45) is 11.8 Å². The first-order valence-corrected chi connectivity index (χ1v) is 4.34. The topological polar surface area (TPSA) is 23.5 Å². The van der Waals surface area contributed by atoms with Crippen molar-refractivity contribution in [1.82, 2.24) is 4.90 Å². The number of likely N-dealkylation sites (N-methyl/N-ethyl adjacent to an activating group) is 1. The Morgan fingerprint density at radius 3 is 2.00 bits per heavy atom. The van der Waals surface area contributed by atoms with Crippen LogP contribution in [0, 0.1) is 11.8 Å². The van der Waals surface area contributed by atoms with Gasteiger partial charge in [-0.2, -0.15) is 0 Å². The standard InChI is InChI=1S/C9H19NO/c1-7-5-8(2)9(7,11)6-10(3)4/h7-8,11H,5-6H2,1-4H3. The number of nitrogens with zero attached hydrogens (tertiary/aromatic N) is 1. The van der Waals surface area contributed by atoms with Gasteiger partial charge in [-0.3, -0.25) is 0 Å². The highest BCUT2D eigenvalue weighted by Crippen LogP contribution is 2.43. The molecule has 0 heterocycles. The molecule has 1 aliphatic rings. The highest BCUT2D eigenvalue weighted by atomic mass is 16.3. The first-order chi connectivity index (χ1) is 4.97. The molecule has 2 atom stereocenters. The lowest BCUT2D eigenvalue weighted by molar-refractivity contribution is -0.146. The van der Waals surface area contributed by atoms with Crippen molar-refractivity contribution in [3.8, 4) is 0 Å². The average Bonchev–Trinajstić information content (AvgIpc) is 1.87. The van der Waals surface area contributed by atoms with Gasteiger partial charge < -0.3 is 10.0 Å². The summed E-state index contributed by atoms with van der Waals surface area (Å²) in [6.45, 7) is 5.06. The van der Waals surface area contributed by atoms with E-state index in [1.807, 2.05) is 14.1 Å². The van der Waals surface area contributed by atoms with E-state index in [0.717, 1.165) is 6.54 Å². The Kier molecular flexibility index (Phi) is 2.26. The lowest BCUT2D eigenvalue weighted by Crippen LogP contribution is -2.58. The summed E-state index contributed by atoms with van der Waals surface area (Å²) < 4.78 is 0. The molecular weight excluding hydrogens is 138 g/mol. The lowest BCUT2D eigenvalue weighted by atomic mass is 9.62. The van der Waals surface area contributed by atoms with Crippen molar-refractivity contribution in [3.63, 3.8) is 0 Å². The zero-order valence-electron chi connectivity index (χ0n) is 7.96. The second-order valence-corrected chi connectivity index (χ2v) is 4.27. The second-order valence-electron chi connectivity index (χ2n) is 4.27. The van der Waals surface area contributed by atoms with Crippen LogP contribution in [-0.2, 0) is 0 Å². The van der Waals surface area contributed by atoms with Crippen molar-refractivity contribution in [2.75, 3.05) is 20.6 Å². The summed E-state index contributed by atoms with van der Waals surface area (Å²) in [5.74, 6) is 0.944. The van der Waals surface area contributed by atoms with E-state index in [1.165, 1.54) is 6.42 Å². The van der Waals surface area contributed by atoms with Crippen LogP contribution >= 0.6 is 0 Å². The molecule has 2 nitrogen and oxygen atoms in total. The van der Waals surface area contributed by atoms with Gasteiger partial charge in [0, 0.05) is 6.54 Å². The zero-order chi connectivity index (χ0) is 8.65. The van der Waals surface area contributed by atoms with Gasteiger partial charge in [-0.05, 0) is 32.4 Å². The molecule has 0 spiro atoms. The molecule has 0 saturated heterocycles. The summed E-state index contributed by atoms with van der Waals surface area (Å²) >= 11 is 0. The number of aliphatic hydroxyl groups is 1. The van der Waals surface area contributed by atoms with Crippen LogP contribution < -0.4 is 0 Å². The van der Waals surface area contributed by atoms with Gasteiger partial charge in [0.25, 0.3) is 0 Å². The normalized spacial score (nSPS) is 44.2. The monoisotopic (exact) mass is 157 g/mol. The minimum absolute atomic E-state index is 0.413. The fraction of sp³-hybridized carbons (Fsp3) is 1.00. The van der Waals surface area contributed by atoms with Crippen LogP contribution in [-0.4, -0.2) is 36.2 Å². The fourth-order valence-electron chi connectivity index (χ4n) is 2.08. The summed E-state index contributed by atoms with van der Waals surface area (Å²) in [6.07, 6.45) is 1.17. The molecule has 1 fully saturated rings. The third-order valence-electron chi connectivity index (χ3n) is 2.98. The van der Waals surface area contributed by atoms with Crippen LogP contribution in [0.3, 0.4) is 0 Å². The summed E-state index contributed by atoms with van der Waals surface area (Å²) in [5, 5.41) is 10.1. The predicted molar refractivity (Wildman–Crippen MR) is 46.4 cm³/mol. The van der Waals surface area contributed by atoms with E-state index >= 15 is 0 Å². The molecule has 1 N–H and O–H groups in total. The van der Waals surface area contributed by atoms with E-state index in [0.29, 0.717) is 11.8 Å². The third-order valence-corrected chi connectivity index (χ3v) is 2.98. The predicted octanol–water partition coefficient (Wildman–Crippen LogP) is 0.955. The van der Waals surface area contributed by atoms with Crippen molar-refractivity contribution in [3.05, 3.63) is 0 Å². The van der Waals surface area contributed by atoms with Gasteiger partial charge in [0.1, 0.15) is 0 Å². The van der Waals surface area contributed by atoms with Gasteiger partial charge >= 0.3 is 0 Å². The van der Waals surface area contributed by atoms with Gasteiger partial charge in [0.15, 0.2) is 0 Å². The van der Waals surface area contributed by atoms with Crippen LogP contribution in [0.15, 0.2) is 0 Å². The van der Waals surface area contributed by atoms with E-state index < -0.39 is 5.60 Å². The van der Waals surface area contributed by atoms with Gasteiger partial charge in [-0.1, -0.05) is 13.8 Å². The molecular formula is C9H19NO. The molecule has 1 saturated carbocycles. The number of hydrogen-bond donors (Lipinski definition) is 1. The number of hydrogen-bond acceptors (Lipinski definition) is 2. The van der Waals surface area contributed by atoms with Crippen molar-refractivity contribution < 1.29 is 5.11 Å². The molecule has 0 bridgehead atoms. The smallest absolute Gasteiger partial charge is 0.0824 e. The molecule has 0 aliphatic heterocycles. The van der Waals surface area contributed by atoms with Crippen molar-refractivity contribution in [1.29, 1.82) is 0 Å². The molecule has 1 rings (SSSR count). The second kappa shape index (κ2) is 2.76. The van der Waals surface area contributed by atoms with E-state index in [9.17, 15) is 5.11 Å². The van der Waals surface area contributed by atoms with E-state index in [-0.39, 0.29) is 0 Å². The Morgan fingerprint density at radius 2 is 1.82 bits per heavy atom. The summed E-state index contributed by atoms with van der Waals surface area (Å²) in [6, 6.07) is 0. The minimum Gasteiger partial charge on any atom is -0.388 e. The lowest BCUT2D eigenvalue weighted by Gasteiger charge is -2.51. The molecule has 66 valence electrons. The van der Waals surface area contributed by atoms with Crippen LogP contribution in [0.4, 0.5) is 0 Å². The quantitative estimate of drug-likeness (QED) is 0.645. The third kappa shape index (κ3) is 1.42. The first-order valence-electron chi connectivity index (χ1n) is 4.34. The molecule has 0 aromatic rings. The van der Waals surface area contributed by atoms with Gasteiger partial charge in [-0.25, -0.2) is 0 Å². The molecule has 2 heteroatoms. The van der Waals surface area contributed by atoms with Crippen LogP contribution in [0.25, 0.3) is 0 Å². The molecule has 11 heavy (non-hydrogen) atoms. The molecule has 0 amide bonds. The van der Waals surface area contributed by atoms with Crippen molar-refractivity contribution in [2.45, 2.75) is 25.9 Å². The molecule has 0 radical (unpaired) electrons. The maximum absolute atomic E-state index is 10.1. The van der Waals surface area contributed by atoms with Gasteiger partial charge in [-0.15, -0.1) is 0 Å². The van der Waals surface area contributed by atoms with Crippen LogP contribution in [0.1, 0.15) is 20.3 Å². The summed E-state index contributed by atoms with van der Waals surface area (Å²) in [4.78, 5) is 2.06. The fourth-order valence-corrected chi connectivity index (χ4v) is 2.08. The van der Waals surface area contributed by atoms with E-state index in [1.54, 1.807) is 0 Å².